The van der Waals surface area contributed by atoms with Gasteiger partial charge in [0.05, 0.1) is 4.92 Å². The van der Waals surface area contributed by atoms with Gasteiger partial charge in [0.25, 0.3) is 17.5 Å². The van der Waals surface area contributed by atoms with E-state index in [1.807, 2.05) is 115 Å². The normalized spacial score (nSPS) is 15.9. The molecule has 0 spiro atoms. The third-order valence-electron chi connectivity index (χ3n) is 11.5. The van der Waals surface area contributed by atoms with Crippen molar-refractivity contribution in [3.05, 3.63) is 248 Å². The molecule has 2 atom stereocenters. The van der Waals surface area contributed by atoms with E-state index < -0.39 is 45.8 Å². The number of carbonyl (C=O) groups excluding carboxylic acids is 3. The number of hydrogen-bond donors (Lipinski definition) is 2. The number of anilines is 1. The Balaban J connectivity index is 0.997. The monoisotopic (exact) mass is 938 g/mol. The van der Waals surface area contributed by atoms with Crippen LogP contribution in [0.4, 0.5) is 10.8 Å². The second-order valence-corrected chi connectivity index (χ2v) is 17.6. The molecule has 0 bridgehead atoms. The van der Waals surface area contributed by atoms with Crippen molar-refractivity contribution in [2.75, 3.05) is 18.2 Å². The maximum atomic E-state index is 14.6. The van der Waals surface area contributed by atoms with Crippen molar-refractivity contribution in [1.29, 1.82) is 0 Å². The van der Waals surface area contributed by atoms with Crippen molar-refractivity contribution in [1.82, 2.24) is 15.2 Å². The Hall–Kier alpha value is -8.14. The lowest BCUT2D eigenvalue weighted by Crippen LogP contribution is -2.71. The summed E-state index contributed by atoms with van der Waals surface area (Å²) in [6.07, 6.45) is 2.62. The number of allylic oxidation sites excluding steroid dienone is 1. The molecule has 2 aliphatic heterocycles. The highest BCUT2D eigenvalue weighted by Crippen LogP contribution is 2.43. The number of nitrogens with zero attached hydrogens (tertiary/aromatic N) is 4. The molecule has 2 amide bonds. The van der Waals surface area contributed by atoms with Crippen LogP contribution in [0.3, 0.4) is 0 Å². The molecule has 338 valence electrons. The minimum absolute atomic E-state index is 0.0269. The molecule has 13 nitrogen and oxygen atoms in total. The number of oxime groups is 1. The van der Waals surface area contributed by atoms with Gasteiger partial charge in [-0.15, -0.1) is 23.1 Å². The summed E-state index contributed by atoms with van der Waals surface area (Å²) >= 11 is 2.65. The number of nitrogens with one attached hydrogen (secondary N) is 2. The second-order valence-electron chi connectivity index (χ2n) is 15.7. The van der Waals surface area contributed by atoms with Gasteiger partial charge in [-0.2, -0.15) is 0 Å². The van der Waals surface area contributed by atoms with Crippen molar-refractivity contribution in [3.8, 4) is 0 Å². The molecular formula is C53H42N6O7S2. The van der Waals surface area contributed by atoms with Gasteiger partial charge in [-0.25, -0.2) is 9.78 Å². The lowest BCUT2D eigenvalue weighted by Gasteiger charge is -2.49. The standard InChI is InChI=1S/C53H42N6O7S2/c1-65-57-44(43-34-68-52(54-43)56-53(39-21-11-4-12-22-39,40-23-13-5-14-24-40)41-25-15-6-16-26-41)48(60)55-45-49(61)58-46(38(33-67-50(45)58)30-27-35-28-31-42(32-29-35)59(63)64)51(62)66-47(36-17-7-2-8-18-36)37-19-9-3-10-20-37/h2-32,34,45,47,50H,33H2,1H3,(H,54,56)(H,55,60)/b30-27+,57-44-. The summed E-state index contributed by atoms with van der Waals surface area (Å²) in [6, 6.07) is 53.7. The fourth-order valence-corrected chi connectivity index (χ4v) is 10.4. The molecule has 0 radical (unpaired) electrons. The zero-order valence-electron chi connectivity index (χ0n) is 36.4. The molecule has 7 aromatic rings. The Bertz CT molecular complexity index is 2890. The SMILES string of the molecule is CO/N=C(\C(=O)NC1C(=O)N2C(C(=O)OC(c3ccccc3)c3ccccc3)=C(/C=C/c3ccc([N+](=O)[O-])cc3)CSC12)c1csc(NC(c2ccccc2)(c2ccccc2)c2ccccc2)n1. The Labute approximate surface area is 400 Å². The van der Waals surface area contributed by atoms with Crippen LogP contribution in [-0.2, 0) is 29.5 Å². The van der Waals surface area contributed by atoms with Crippen LogP contribution in [-0.4, -0.2) is 62.6 Å². The average molecular weight is 939 g/mol. The smallest absolute Gasteiger partial charge is 0.356 e. The Morgan fingerprint density at radius 2 is 1.32 bits per heavy atom. The summed E-state index contributed by atoms with van der Waals surface area (Å²) in [7, 11) is 1.32. The number of non-ortho nitro benzene ring substituents is 1. The number of amides is 2. The third-order valence-corrected chi connectivity index (χ3v) is 13.6. The summed E-state index contributed by atoms with van der Waals surface area (Å²) in [5.41, 5.74) is 4.65. The molecule has 1 fully saturated rings. The molecule has 1 aromatic heterocycles. The molecular weight excluding hydrogens is 897 g/mol. The van der Waals surface area contributed by atoms with Gasteiger partial charge in [0.1, 0.15) is 35.5 Å². The van der Waals surface area contributed by atoms with E-state index in [9.17, 15) is 24.5 Å². The summed E-state index contributed by atoms with van der Waals surface area (Å²) in [5.74, 6) is -1.71. The van der Waals surface area contributed by atoms with E-state index in [0.717, 1.165) is 27.8 Å². The molecule has 2 aliphatic rings. The number of benzene rings is 6. The van der Waals surface area contributed by atoms with Gasteiger partial charge < -0.3 is 20.2 Å². The zero-order valence-corrected chi connectivity index (χ0v) is 38.0. The number of β-lactam (4-membered cyclic amide) rings is 1. The number of thiazole rings is 1. The Kier molecular flexibility index (Phi) is 13.4. The quantitative estimate of drug-likeness (QED) is 0.0238. The average Bonchev–Trinajstić information content (AvgIpc) is 3.86. The van der Waals surface area contributed by atoms with Crippen molar-refractivity contribution in [2.45, 2.75) is 23.1 Å². The van der Waals surface area contributed by atoms with Gasteiger partial charge in [0.15, 0.2) is 16.9 Å². The number of rotatable bonds is 16. The predicted molar refractivity (Wildman–Crippen MR) is 263 cm³/mol. The minimum Gasteiger partial charge on any atom is -0.448 e. The van der Waals surface area contributed by atoms with Gasteiger partial charge in [-0.1, -0.05) is 169 Å². The maximum Gasteiger partial charge on any atom is 0.356 e. The lowest BCUT2D eigenvalue weighted by molar-refractivity contribution is -0.384. The first-order chi connectivity index (χ1) is 33.2. The summed E-state index contributed by atoms with van der Waals surface area (Å²) < 4.78 is 6.31. The van der Waals surface area contributed by atoms with Crippen LogP contribution in [0, 0.1) is 10.1 Å². The molecule has 0 aliphatic carbocycles. The number of nitro benzene ring substituents is 1. The van der Waals surface area contributed by atoms with E-state index in [0.29, 0.717) is 16.3 Å². The summed E-state index contributed by atoms with van der Waals surface area (Å²) in [5, 5.41) is 23.5. The first-order valence-corrected chi connectivity index (χ1v) is 23.4. The molecule has 0 saturated carbocycles. The Morgan fingerprint density at radius 3 is 1.84 bits per heavy atom. The van der Waals surface area contributed by atoms with Gasteiger partial charge in [0.2, 0.25) is 0 Å². The number of hydrogen-bond acceptors (Lipinski definition) is 12. The second kappa shape index (κ2) is 20.2. The highest BCUT2D eigenvalue weighted by atomic mass is 32.2. The van der Waals surface area contributed by atoms with Crippen LogP contribution < -0.4 is 10.6 Å². The van der Waals surface area contributed by atoms with Crippen molar-refractivity contribution < 1.29 is 28.9 Å². The molecule has 6 aromatic carbocycles. The van der Waals surface area contributed by atoms with E-state index in [1.54, 1.807) is 29.7 Å². The fraction of sp³-hybridized carbons (Fsp3) is 0.113. The number of fused-ring (bicyclic) bond motifs is 1. The molecule has 2 unspecified atom stereocenters. The number of thioether (sulfide) groups is 1. The highest BCUT2D eigenvalue weighted by molar-refractivity contribution is 8.00. The number of esters is 1. The number of ether oxygens (including phenoxy) is 1. The van der Waals surface area contributed by atoms with Gasteiger partial charge >= 0.3 is 5.97 Å². The number of aromatic nitrogens is 1. The first kappa shape index (κ1) is 45.0. The van der Waals surface area contributed by atoms with Crippen LogP contribution in [0.1, 0.15) is 45.2 Å². The lowest BCUT2D eigenvalue weighted by atomic mass is 9.77. The molecule has 9 rings (SSSR count). The molecule has 15 heteroatoms. The van der Waals surface area contributed by atoms with Crippen molar-refractivity contribution >= 4 is 63.5 Å². The molecule has 68 heavy (non-hydrogen) atoms. The topological polar surface area (TPSA) is 165 Å². The summed E-state index contributed by atoms with van der Waals surface area (Å²) in [6.45, 7) is 0. The van der Waals surface area contributed by atoms with Crippen LogP contribution in [0.5, 0.6) is 0 Å². The summed E-state index contributed by atoms with van der Waals surface area (Å²) in [4.78, 5) is 65.4. The van der Waals surface area contributed by atoms with Crippen LogP contribution in [0.15, 0.2) is 204 Å². The largest absolute Gasteiger partial charge is 0.448 e. The third kappa shape index (κ3) is 9.17. The maximum absolute atomic E-state index is 14.6. The zero-order chi connectivity index (χ0) is 47.0. The molecule has 3 heterocycles. The van der Waals surface area contributed by atoms with E-state index in [1.165, 1.54) is 47.2 Å². The van der Waals surface area contributed by atoms with E-state index in [2.05, 4.69) is 52.2 Å². The van der Waals surface area contributed by atoms with E-state index in [4.69, 9.17) is 14.6 Å². The molecule has 2 N–H and O–H groups in total. The van der Waals surface area contributed by atoms with Crippen molar-refractivity contribution in [3.63, 3.8) is 0 Å². The minimum atomic E-state index is -1.05. The molecule has 1 saturated heterocycles. The van der Waals surface area contributed by atoms with E-state index in [-0.39, 0.29) is 28.5 Å². The number of nitro groups is 1. The Morgan fingerprint density at radius 1 is 0.794 bits per heavy atom. The van der Waals surface area contributed by atoms with Crippen LogP contribution >= 0.6 is 23.1 Å². The van der Waals surface area contributed by atoms with Crippen molar-refractivity contribution in [2.24, 2.45) is 5.16 Å². The van der Waals surface area contributed by atoms with Gasteiger partial charge in [0, 0.05) is 23.3 Å². The number of carbonyl (C=O) groups is 3. The highest BCUT2D eigenvalue weighted by Gasteiger charge is 2.55. The predicted octanol–water partition coefficient (Wildman–Crippen LogP) is 9.51. The van der Waals surface area contributed by atoms with Crippen LogP contribution in [0.25, 0.3) is 6.08 Å². The van der Waals surface area contributed by atoms with E-state index >= 15 is 0 Å². The van der Waals surface area contributed by atoms with Crippen LogP contribution in [0.2, 0.25) is 0 Å². The van der Waals surface area contributed by atoms with Gasteiger partial charge in [-0.3, -0.25) is 24.6 Å². The van der Waals surface area contributed by atoms with Gasteiger partial charge in [-0.05, 0) is 51.1 Å². The first-order valence-electron chi connectivity index (χ1n) is 21.5. The fourth-order valence-electron chi connectivity index (χ4n) is 8.30.